The molecule has 0 aliphatic carbocycles. The fourth-order valence-corrected chi connectivity index (χ4v) is 0.842. The quantitative estimate of drug-likeness (QED) is 0.263. The van der Waals surface area contributed by atoms with E-state index in [1.165, 1.54) is 21.0 Å². The third-order valence-electron chi connectivity index (χ3n) is 0.852. The van der Waals surface area contributed by atoms with E-state index in [1.54, 1.807) is 0 Å². The van der Waals surface area contributed by atoms with Crippen LogP contribution in [-0.4, -0.2) is 58.0 Å². The van der Waals surface area contributed by atoms with Crippen LogP contribution in [0.1, 0.15) is 13.8 Å². The van der Waals surface area contributed by atoms with Crippen molar-refractivity contribution < 1.29 is 26.6 Å². The molecular weight excluding hydrogens is 211 g/mol. The van der Waals surface area contributed by atoms with Crippen molar-refractivity contribution in [1.29, 1.82) is 0 Å². The Bertz CT molecular complexity index is 203. The van der Waals surface area contributed by atoms with Crippen molar-refractivity contribution >= 4 is 40.0 Å². The zero-order chi connectivity index (χ0) is 9.61. The van der Waals surface area contributed by atoms with Crippen molar-refractivity contribution in [1.82, 2.24) is 0 Å². The zero-order valence-corrected chi connectivity index (χ0v) is 7.96. The van der Waals surface area contributed by atoms with Gasteiger partial charge in [-0.05, 0) is 13.8 Å². The van der Waals surface area contributed by atoms with Gasteiger partial charge in [-0.25, -0.2) is 4.18 Å². The molecule has 76 valence electrons. The molecule has 0 fully saturated rings. The molecule has 0 aromatic rings. The number of ether oxygens (including phenoxy) is 1. The molecule has 0 bridgehead atoms. The Morgan fingerprint density at radius 1 is 1.38 bits per heavy atom. The summed E-state index contributed by atoms with van der Waals surface area (Å²) >= 11 is 0. The fraction of sp³-hybridized carbons (Fsp3) is 1.00. The van der Waals surface area contributed by atoms with Gasteiger partial charge in [0.1, 0.15) is 0 Å². The summed E-state index contributed by atoms with van der Waals surface area (Å²) in [6.45, 7) is 2.98. The summed E-state index contributed by atoms with van der Waals surface area (Å²) in [7, 11) is -2.69. The van der Waals surface area contributed by atoms with E-state index >= 15 is 0 Å². The van der Waals surface area contributed by atoms with Crippen molar-refractivity contribution in [3.63, 3.8) is 0 Å². The molecule has 0 spiro atoms. The van der Waals surface area contributed by atoms with Crippen molar-refractivity contribution in [2.75, 3.05) is 13.7 Å². The molecule has 0 amide bonds. The molecule has 0 aromatic carbocycles. The van der Waals surface area contributed by atoms with Gasteiger partial charge in [-0.15, -0.1) is 0 Å². The number of methoxy groups -OCH3 is 1. The van der Waals surface area contributed by atoms with Crippen molar-refractivity contribution in [2.45, 2.75) is 20.1 Å². The molecular formula is C5H13NaO6S. The average Bonchev–Trinajstić information content (AvgIpc) is 2.00. The van der Waals surface area contributed by atoms with Crippen LogP contribution >= 0.6 is 0 Å². The van der Waals surface area contributed by atoms with Crippen LogP contribution in [0.15, 0.2) is 0 Å². The second kappa shape index (κ2) is 8.13. The van der Waals surface area contributed by atoms with E-state index in [4.69, 9.17) is 0 Å². The Balaban J connectivity index is 0. The topological polar surface area (TPSA) is 71.1 Å². The van der Waals surface area contributed by atoms with Gasteiger partial charge in [0, 0.05) is 7.11 Å². The molecule has 0 saturated heterocycles. The number of rotatable bonds is 6. The summed E-state index contributed by atoms with van der Waals surface area (Å²) in [4.78, 5) is 4.27. The van der Waals surface area contributed by atoms with Gasteiger partial charge in [-0.2, -0.15) is 13.3 Å². The molecule has 0 saturated carbocycles. The van der Waals surface area contributed by atoms with Gasteiger partial charge in [0.25, 0.3) is 0 Å². The van der Waals surface area contributed by atoms with E-state index in [2.05, 4.69) is 18.1 Å². The van der Waals surface area contributed by atoms with E-state index in [0.29, 0.717) is 0 Å². The zero-order valence-electron chi connectivity index (χ0n) is 7.14. The van der Waals surface area contributed by atoms with Gasteiger partial charge in [0.15, 0.2) is 6.29 Å². The minimum absolute atomic E-state index is 0. The van der Waals surface area contributed by atoms with Crippen molar-refractivity contribution in [2.24, 2.45) is 0 Å². The SMILES string of the molecule is CCOS(=O)(=O)OOC(C)OC.[NaH]. The summed E-state index contributed by atoms with van der Waals surface area (Å²) in [5, 5.41) is 0. The molecule has 6 nitrogen and oxygen atoms in total. The van der Waals surface area contributed by atoms with E-state index in [9.17, 15) is 8.42 Å². The normalized spacial score (nSPS) is 13.5. The van der Waals surface area contributed by atoms with Gasteiger partial charge < -0.3 is 4.74 Å². The van der Waals surface area contributed by atoms with Crippen molar-refractivity contribution in [3.05, 3.63) is 0 Å². The average molecular weight is 224 g/mol. The molecule has 1 atom stereocenters. The molecule has 13 heavy (non-hydrogen) atoms. The van der Waals surface area contributed by atoms with Crippen LogP contribution in [0.4, 0.5) is 0 Å². The van der Waals surface area contributed by atoms with Crippen LogP contribution < -0.4 is 0 Å². The third-order valence-corrected chi connectivity index (χ3v) is 1.62. The van der Waals surface area contributed by atoms with Crippen LogP contribution in [-0.2, 0) is 28.5 Å². The molecule has 0 aliphatic rings. The Kier molecular flexibility index (Phi) is 10.1. The first-order valence-electron chi connectivity index (χ1n) is 3.29. The third kappa shape index (κ3) is 9.10. The summed E-state index contributed by atoms with van der Waals surface area (Å²) in [5.41, 5.74) is 0. The summed E-state index contributed by atoms with van der Waals surface area (Å²) in [5.74, 6) is 0. The number of hydrogen-bond acceptors (Lipinski definition) is 6. The first-order chi connectivity index (χ1) is 5.52. The monoisotopic (exact) mass is 224 g/mol. The van der Waals surface area contributed by atoms with Gasteiger partial charge in [0.05, 0.1) is 6.61 Å². The minimum atomic E-state index is -4.04. The summed E-state index contributed by atoms with van der Waals surface area (Å²) in [6, 6.07) is 0. The Hall–Kier alpha value is 0.790. The fourth-order valence-electron chi connectivity index (χ4n) is 0.307. The molecule has 0 heterocycles. The van der Waals surface area contributed by atoms with Gasteiger partial charge >= 0.3 is 40.0 Å². The molecule has 0 radical (unpaired) electrons. The second-order valence-electron chi connectivity index (χ2n) is 1.78. The Morgan fingerprint density at radius 2 is 1.92 bits per heavy atom. The molecule has 0 aromatic heterocycles. The Labute approximate surface area is 100 Å². The van der Waals surface area contributed by atoms with Crippen LogP contribution in [0.3, 0.4) is 0 Å². The van der Waals surface area contributed by atoms with Gasteiger partial charge in [-0.3, -0.25) is 0 Å². The molecule has 0 N–H and O–H groups in total. The first-order valence-corrected chi connectivity index (χ1v) is 4.62. The van der Waals surface area contributed by atoms with E-state index in [0.717, 1.165) is 0 Å². The Morgan fingerprint density at radius 3 is 2.31 bits per heavy atom. The van der Waals surface area contributed by atoms with Crippen LogP contribution in [0.2, 0.25) is 0 Å². The van der Waals surface area contributed by atoms with Crippen molar-refractivity contribution in [3.8, 4) is 0 Å². The van der Waals surface area contributed by atoms with Gasteiger partial charge in [-0.1, -0.05) is 4.33 Å². The summed E-state index contributed by atoms with van der Waals surface area (Å²) < 4.78 is 33.9. The maximum atomic E-state index is 10.6. The predicted molar refractivity (Wildman–Crippen MR) is 46.3 cm³/mol. The van der Waals surface area contributed by atoms with E-state index in [-0.39, 0.29) is 36.2 Å². The first kappa shape index (κ1) is 16.2. The second-order valence-corrected chi connectivity index (χ2v) is 2.97. The predicted octanol–water partition coefficient (Wildman–Crippen LogP) is -0.440. The van der Waals surface area contributed by atoms with Crippen LogP contribution in [0.5, 0.6) is 0 Å². The van der Waals surface area contributed by atoms with Gasteiger partial charge in [0.2, 0.25) is 0 Å². The van der Waals surface area contributed by atoms with E-state index < -0.39 is 16.7 Å². The molecule has 8 heteroatoms. The van der Waals surface area contributed by atoms with E-state index in [1.807, 2.05) is 0 Å². The maximum absolute atomic E-state index is 10.6. The molecule has 0 aliphatic heterocycles. The molecule has 0 rings (SSSR count). The standard InChI is InChI=1S/C5H12O6S.Na.H/c1-4-9-12(6,7)11-10-5(2)8-3;;/h5H,4H2,1-3H3;;. The molecule has 1 unspecified atom stereocenters. The number of hydrogen-bond donors (Lipinski definition) is 0. The van der Waals surface area contributed by atoms with Crippen LogP contribution in [0, 0.1) is 0 Å². The summed E-state index contributed by atoms with van der Waals surface area (Å²) in [6.07, 6.45) is -0.764. The van der Waals surface area contributed by atoms with Crippen LogP contribution in [0.25, 0.3) is 0 Å².